The topological polar surface area (TPSA) is 71.5 Å². The fraction of sp³-hybridized carbons (Fsp3) is 0.188. The van der Waals surface area contributed by atoms with Crippen LogP contribution in [0.2, 0.25) is 0 Å². The van der Waals surface area contributed by atoms with Crippen LogP contribution < -0.4 is 15.0 Å². The molecule has 6 nitrogen and oxygen atoms in total. The van der Waals surface area contributed by atoms with Crippen molar-refractivity contribution in [3.05, 3.63) is 48.8 Å². The van der Waals surface area contributed by atoms with Gasteiger partial charge in [-0.05, 0) is 31.2 Å². The number of carbonyl (C=O) groups excluding carboxylic acids is 2. The number of hydrogen-bond acceptors (Lipinski definition) is 4. The molecule has 0 radical (unpaired) electrons. The molecule has 6 heteroatoms. The third-order valence-electron chi connectivity index (χ3n) is 3.34. The van der Waals surface area contributed by atoms with Crippen molar-refractivity contribution in [3.63, 3.8) is 0 Å². The van der Waals surface area contributed by atoms with Crippen LogP contribution in [0.25, 0.3) is 0 Å². The second-order valence-corrected chi connectivity index (χ2v) is 4.94. The summed E-state index contributed by atoms with van der Waals surface area (Å²) in [6.07, 6.45) is 2.57. The van der Waals surface area contributed by atoms with E-state index in [4.69, 9.17) is 4.74 Å². The van der Waals surface area contributed by atoms with E-state index in [2.05, 4.69) is 10.3 Å². The SMILES string of the molecule is CC1Oc2ccccc2N(CC(=O)Nc2ccncc2)C1=O. The van der Waals surface area contributed by atoms with Gasteiger partial charge in [-0.25, -0.2) is 0 Å². The molecule has 1 aromatic heterocycles. The molecule has 1 atom stereocenters. The quantitative estimate of drug-likeness (QED) is 0.938. The summed E-state index contributed by atoms with van der Waals surface area (Å²) in [5.41, 5.74) is 1.25. The van der Waals surface area contributed by atoms with Gasteiger partial charge >= 0.3 is 0 Å². The van der Waals surface area contributed by atoms with Gasteiger partial charge in [0.15, 0.2) is 6.10 Å². The van der Waals surface area contributed by atoms with E-state index in [1.807, 2.05) is 6.07 Å². The molecule has 0 aliphatic carbocycles. The number of amides is 2. The summed E-state index contributed by atoms with van der Waals surface area (Å²) >= 11 is 0. The van der Waals surface area contributed by atoms with E-state index in [9.17, 15) is 9.59 Å². The van der Waals surface area contributed by atoms with Crippen LogP contribution in [0.1, 0.15) is 6.92 Å². The Bertz CT molecular complexity index is 703. The standard InChI is InChI=1S/C16H15N3O3/c1-11-16(21)19(13-4-2-3-5-14(13)22-11)10-15(20)18-12-6-8-17-9-7-12/h2-9,11H,10H2,1H3,(H,17,18,20). The van der Waals surface area contributed by atoms with Gasteiger partial charge in [-0.3, -0.25) is 19.5 Å². The molecule has 1 N–H and O–H groups in total. The first-order valence-corrected chi connectivity index (χ1v) is 6.92. The Balaban J connectivity index is 1.79. The van der Waals surface area contributed by atoms with Crippen molar-refractivity contribution in [1.82, 2.24) is 4.98 Å². The summed E-state index contributed by atoms with van der Waals surface area (Å²) in [6, 6.07) is 10.6. The van der Waals surface area contributed by atoms with E-state index in [0.717, 1.165) is 0 Å². The maximum atomic E-state index is 12.3. The second-order valence-electron chi connectivity index (χ2n) is 4.94. The average molecular weight is 297 g/mol. The lowest BCUT2D eigenvalue weighted by Gasteiger charge is -2.32. The van der Waals surface area contributed by atoms with Gasteiger partial charge in [0.05, 0.1) is 5.69 Å². The fourth-order valence-electron chi connectivity index (χ4n) is 2.30. The number of benzene rings is 1. The van der Waals surface area contributed by atoms with Crippen molar-refractivity contribution in [2.75, 3.05) is 16.8 Å². The highest BCUT2D eigenvalue weighted by atomic mass is 16.5. The van der Waals surface area contributed by atoms with Gasteiger partial charge in [-0.15, -0.1) is 0 Å². The van der Waals surface area contributed by atoms with Gasteiger partial charge in [-0.2, -0.15) is 0 Å². The smallest absolute Gasteiger partial charge is 0.268 e. The van der Waals surface area contributed by atoms with Crippen LogP contribution in [0.15, 0.2) is 48.8 Å². The van der Waals surface area contributed by atoms with E-state index < -0.39 is 6.10 Å². The normalized spacial score (nSPS) is 16.7. The van der Waals surface area contributed by atoms with Crippen LogP contribution in [0.3, 0.4) is 0 Å². The van der Waals surface area contributed by atoms with Crippen LogP contribution in [-0.2, 0) is 9.59 Å². The Labute approximate surface area is 127 Å². The summed E-state index contributed by atoms with van der Waals surface area (Å²) in [7, 11) is 0. The summed E-state index contributed by atoms with van der Waals surface area (Å²) in [4.78, 5) is 29.8. The lowest BCUT2D eigenvalue weighted by molar-refractivity contribution is -0.127. The first-order chi connectivity index (χ1) is 10.6. The van der Waals surface area contributed by atoms with Crippen molar-refractivity contribution >= 4 is 23.2 Å². The molecule has 1 unspecified atom stereocenters. The maximum Gasteiger partial charge on any atom is 0.268 e. The minimum atomic E-state index is -0.608. The van der Waals surface area contributed by atoms with Crippen LogP contribution in [-0.4, -0.2) is 29.4 Å². The van der Waals surface area contributed by atoms with Gasteiger partial charge in [0, 0.05) is 18.1 Å². The Morgan fingerprint density at radius 3 is 2.77 bits per heavy atom. The van der Waals surface area contributed by atoms with E-state index in [-0.39, 0.29) is 18.4 Å². The molecule has 3 rings (SSSR count). The molecule has 22 heavy (non-hydrogen) atoms. The van der Waals surface area contributed by atoms with Crippen LogP contribution in [0.5, 0.6) is 5.75 Å². The second kappa shape index (κ2) is 5.85. The van der Waals surface area contributed by atoms with E-state index in [0.29, 0.717) is 17.1 Å². The van der Waals surface area contributed by atoms with E-state index in [1.165, 1.54) is 4.90 Å². The average Bonchev–Trinajstić information content (AvgIpc) is 2.53. The Hall–Kier alpha value is -2.89. The molecule has 2 heterocycles. The highest BCUT2D eigenvalue weighted by molar-refractivity contribution is 6.06. The van der Waals surface area contributed by atoms with Gasteiger partial charge in [0.1, 0.15) is 12.3 Å². The number of pyridine rings is 1. The number of ether oxygens (including phenoxy) is 1. The molecule has 0 bridgehead atoms. The minimum Gasteiger partial charge on any atom is -0.479 e. The molecule has 1 aliphatic rings. The molecule has 0 fully saturated rings. The number of para-hydroxylation sites is 2. The van der Waals surface area contributed by atoms with E-state index >= 15 is 0 Å². The lowest BCUT2D eigenvalue weighted by Crippen LogP contribution is -2.47. The number of aromatic nitrogens is 1. The maximum absolute atomic E-state index is 12.3. The highest BCUT2D eigenvalue weighted by Gasteiger charge is 2.32. The van der Waals surface area contributed by atoms with Crippen molar-refractivity contribution in [1.29, 1.82) is 0 Å². The number of anilines is 2. The number of fused-ring (bicyclic) bond motifs is 1. The van der Waals surface area contributed by atoms with Gasteiger partial charge < -0.3 is 10.1 Å². The fourth-order valence-corrected chi connectivity index (χ4v) is 2.30. The number of nitrogens with zero attached hydrogens (tertiary/aromatic N) is 2. The molecule has 112 valence electrons. The van der Waals surface area contributed by atoms with Crippen LogP contribution >= 0.6 is 0 Å². The molecular weight excluding hydrogens is 282 g/mol. The molecule has 0 spiro atoms. The molecule has 1 aromatic carbocycles. The first kappa shape index (κ1) is 14.1. The van der Waals surface area contributed by atoms with Crippen molar-refractivity contribution < 1.29 is 14.3 Å². The summed E-state index contributed by atoms with van der Waals surface area (Å²) < 4.78 is 5.54. The predicted molar refractivity (Wildman–Crippen MR) is 81.8 cm³/mol. The Morgan fingerprint density at radius 2 is 2.00 bits per heavy atom. The van der Waals surface area contributed by atoms with Crippen molar-refractivity contribution in [3.8, 4) is 5.75 Å². The number of carbonyl (C=O) groups is 2. The minimum absolute atomic E-state index is 0.0636. The Morgan fingerprint density at radius 1 is 1.27 bits per heavy atom. The summed E-state index contributed by atoms with van der Waals surface area (Å²) in [5.74, 6) is 0.0957. The molecule has 0 saturated heterocycles. The highest BCUT2D eigenvalue weighted by Crippen LogP contribution is 2.33. The molecule has 0 saturated carbocycles. The molecule has 1 aliphatic heterocycles. The van der Waals surface area contributed by atoms with Crippen molar-refractivity contribution in [2.24, 2.45) is 0 Å². The predicted octanol–water partition coefficient (Wildman–Crippen LogP) is 1.83. The first-order valence-electron chi connectivity index (χ1n) is 6.92. The Kier molecular flexibility index (Phi) is 3.74. The van der Waals surface area contributed by atoms with Crippen LogP contribution in [0.4, 0.5) is 11.4 Å². The van der Waals surface area contributed by atoms with E-state index in [1.54, 1.807) is 49.6 Å². The zero-order valence-corrected chi connectivity index (χ0v) is 12.0. The lowest BCUT2D eigenvalue weighted by atomic mass is 10.2. The molecule has 2 aromatic rings. The van der Waals surface area contributed by atoms with Crippen LogP contribution in [0, 0.1) is 0 Å². The number of rotatable bonds is 3. The molecule has 2 amide bonds. The van der Waals surface area contributed by atoms with Gasteiger partial charge in [-0.1, -0.05) is 12.1 Å². The van der Waals surface area contributed by atoms with Gasteiger partial charge in [0.25, 0.3) is 5.91 Å². The largest absolute Gasteiger partial charge is 0.479 e. The number of hydrogen-bond donors (Lipinski definition) is 1. The summed E-state index contributed by atoms with van der Waals surface area (Å²) in [5, 5.41) is 2.74. The third-order valence-corrected chi connectivity index (χ3v) is 3.34. The molecular formula is C16H15N3O3. The van der Waals surface area contributed by atoms with Gasteiger partial charge in [0.2, 0.25) is 5.91 Å². The monoisotopic (exact) mass is 297 g/mol. The zero-order valence-electron chi connectivity index (χ0n) is 12.0. The summed E-state index contributed by atoms with van der Waals surface area (Å²) in [6.45, 7) is 1.61. The number of nitrogens with one attached hydrogen (secondary N) is 1. The zero-order chi connectivity index (χ0) is 15.5. The third kappa shape index (κ3) is 2.76. The van der Waals surface area contributed by atoms with Crippen molar-refractivity contribution in [2.45, 2.75) is 13.0 Å².